The Labute approximate surface area is 82.0 Å². The zero-order valence-electron chi connectivity index (χ0n) is 8.03. The van der Waals surface area contributed by atoms with Gasteiger partial charge in [0.15, 0.2) is 17.4 Å². The summed E-state index contributed by atoms with van der Waals surface area (Å²) < 4.78 is 0. The Morgan fingerprint density at radius 3 is 3.00 bits per heavy atom. The van der Waals surface area contributed by atoms with E-state index in [0.717, 1.165) is 12.0 Å². The van der Waals surface area contributed by atoms with E-state index in [-0.39, 0.29) is 17.4 Å². The number of aliphatic hydroxyl groups excluding tert-OH is 1. The van der Waals surface area contributed by atoms with Gasteiger partial charge in [-0.2, -0.15) is 4.99 Å². The van der Waals surface area contributed by atoms with Gasteiger partial charge in [-0.25, -0.2) is 0 Å². The van der Waals surface area contributed by atoms with Crippen LogP contribution in [0.25, 0.3) is 0 Å². The van der Waals surface area contributed by atoms with Gasteiger partial charge < -0.3 is 10.8 Å². The largest absolute Gasteiger partial charge is 0.496 e. The highest BCUT2D eigenvalue weighted by Crippen LogP contribution is 2.22. The lowest BCUT2D eigenvalue weighted by molar-refractivity contribution is 0.539. The van der Waals surface area contributed by atoms with E-state index in [9.17, 15) is 10.0 Å². The van der Waals surface area contributed by atoms with E-state index in [1.807, 2.05) is 6.92 Å². The molecule has 1 heterocycles. The summed E-state index contributed by atoms with van der Waals surface area (Å²) in [6.07, 6.45) is 3.64. The molecule has 0 aliphatic carbocycles. The monoisotopic (exact) mass is 195 g/mol. The van der Waals surface area contributed by atoms with Crippen LogP contribution in [0, 0.1) is 4.91 Å². The maximum atomic E-state index is 10.5. The molecule has 0 saturated heterocycles. The standard InChI is InChI=1S/C9H13N3O2/c1-2-3-6-4-5-7(13)11-9(10)8(6)12-14/h4H,2-3,5,10H2,1H3,(H,11,13). The van der Waals surface area contributed by atoms with Crippen molar-refractivity contribution in [3.05, 3.63) is 28.1 Å². The number of allylic oxidation sites excluding steroid dienone is 1. The second-order valence-electron chi connectivity index (χ2n) is 3.04. The fraction of sp³-hybridized carbons (Fsp3) is 0.444. The first-order valence-corrected chi connectivity index (χ1v) is 4.48. The number of aliphatic hydroxyl groups is 1. The molecule has 1 aliphatic rings. The van der Waals surface area contributed by atoms with Crippen molar-refractivity contribution in [1.29, 1.82) is 0 Å². The first-order chi connectivity index (χ1) is 6.69. The molecule has 0 unspecified atom stereocenters. The third kappa shape index (κ3) is 2.18. The summed E-state index contributed by atoms with van der Waals surface area (Å²) in [6, 6.07) is 0. The molecule has 76 valence electrons. The van der Waals surface area contributed by atoms with E-state index in [4.69, 9.17) is 5.73 Å². The Hall–Kier alpha value is -1.65. The quantitative estimate of drug-likeness (QED) is 0.674. The predicted molar refractivity (Wildman–Crippen MR) is 54.7 cm³/mol. The van der Waals surface area contributed by atoms with Crippen molar-refractivity contribution in [1.82, 2.24) is 0 Å². The van der Waals surface area contributed by atoms with Crippen LogP contribution in [0.1, 0.15) is 26.2 Å². The normalized spacial score (nSPS) is 17.2. The predicted octanol–water partition coefficient (Wildman–Crippen LogP) is 1.97. The minimum atomic E-state index is -0.0882. The van der Waals surface area contributed by atoms with Crippen LogP contribution in [0.3, 0.4) is 0 Å². The average molecular weight is 195 g/mol. The molecule has 0 bridgehead atoms. The summed E-state index contributed by atoms with van der Waals surface area (Å²) in [5.41, 5.74) is 6.40. The van der Waals surface area contributed by atoms with Crippen LogP contribution in [-0.4, -0.2) is 11.0 Å². The molecular formula is C9H13N3O2. The van der Waals surface area contributed by atoms with Crippen molar-refractivity contribution in [3.8, 4) is 0 Å². The third-order valence-electron chi connectivity index (χ3n) is 1.94. The second kappa shape index (κ2) is 4.55. The zero-order chi connectivity index (χ0) is 10.6. The topological polar surface area (TPSA) is 88.0 Å². The van der Waals surface area contributed by atoms with E-state index in [1.54, 1.807) is 6.08 Å². The summed E-state index contributed by atoms with van der Waals surface area (Å²) >= 11 is 0. The molecule has 0 spiro atoms. The van der Waals surface area contributed by atoms with E-state index in [1.165, 1.54) is 0 Å². The van der Waals surface area contributed by atoms with Gasteiger partial charge in [0, 0.05) is 6.42 Å². The molecule has 0 atom stereocenters. The van der Waals surface area contributed by atoms with E-state index in [0.29, 0.717) is 12.8 Å². The highest BCUT2D eigenvalue weighted by atomic mass is 16.3. The molecule has 1 aliphatic heterocycles. The summed E-state index contributed by atoms with van der Waals surface area (Å²) in [4.78, 5) is 14.2. The Morgan fingerprint density at radius 2 is 2.43 bits per heavy atom. The van der Waals surface area contributed by atoms with E-state index < -0.39 is 0 Å². The lowest BCUT2D eigenvalue weighted by atomic mass is 10.1. The number of nitroso groups, excluding NO2 is 1. The van der Waals surface area contributed by atoms with E-state index in [2.05, 4.69) is 10.2 Å². The Bertz CT molecular complexity index is 329. The van der Waals surface area contributed by atoms with Crippen LogP contribution in [0.15, 0.2) is 33.3 Å². The molecule has 0 fully saturated rings. The molecule has 0 aromatic rings. The van der Waals surface area contributed by atoms with Crippen LogP contribution in [0.2, 0.25) is 0 Å². The van der Waals surface area contributed by atoms with Gasteiger partial charge >= 0.3 is 0 Å². The maximum absolute atomic E-state index is 10.5. The first kappa shape index (κ1) is 10.4. The van der Waals surface area contributed by atoms with Gasteiger partial charge in [0.2, 0.25) is 0 Å². The van der Waals surface area contributed by atoms with Crippen LogP contribution in [0.4, 0.5) is 0 Å². The summed E-state index contributed by atoms with van der Waals surface area (Å²) in [5.74, 6) is -0.0931. The van der Waals surface area contributed by atoms with Gasteiger partial charge in [0.25, 0.3) is 0 Å². The second-order valence-corrected chi connectivity index (χ2v) is 3.04. The number of hydrogen-bond donors (Lipinski definition) is 2. The van der Waals surface area contributed by atoms with Gasteiger partial charge in [0.05, 0.1) is 0 Å². The lowest BCUT2D eigenvalue weighted by Crippen LogP contribution is -2.02. The third-order valence-corrected chi connectivity index (χ3v) is 1.94. The molecule has 0 radical (unpaired) electrons. The van der Waals surface area contributed by atoms with Crippen LogP contribution >= 0.6 is 0 Å². The maximum Gasteiger partial charge on any atom is 0.191 e. The number of rotatable bonds is 3. The van der Waals surface area contributed by atoms with Gasteiger partial charge in [-0.05, 0) is 17.2 Å². The average Bonchev–Trinajstić information content (AvgIpc) is 2.26. The summed E-state index contributed by atoms with van der Waals surface area (Å²) in [6.45, 7) is 1.99. The molecule has 5 nitrogen and oxygen atoms in total. The summed E-state index contributed by atoms with van der Waals surface area (Å²) in [7, 11) is 0. The zero-order valence-corrected chi connectivity index (χ0v) is 8.03. The minimum Gasteiger partial charge on any atom is -0.496 e. The molecule has 0 aromatic carbocycles. The molecule has 0 aromatic heterocycles. The Balaban J connectivity index is 3.08. The molecular weight excluding hydrogens is 182 g/mol. The van der Waals surface area contributed by atoms with Gasteiger partial charge in [-0.15, -0.1) is 4.91 Å². The van der Waals surface area contributed by atoms with Crippen molar-refractivity contribution in [2.24, 2.45) is 15.9 Å². The van der Waals surface area contributed by atoms with Crippen LogP contribution in [0.5, 0.6) is 0 Å². The highest BCUT2D eigenvalue weighted by Gasteiger charge is 2.14. The van der Waals surface area contributed by atoms with E-state index >= 15 is 0 Å². The molecule has 0 saturated carbocycles. The molecule has 5 heteroatoms. The van der Waals surface area contributed by atoms with Gasteiger partial charge in [0.1, 0.15) is 0 Å². The van der Waals surface area contributed by atoms with Crippen molar-refractivity contribution in [3.63, 3.8) is 0 Å². The lowest BCUT2D eigenvalue weighted by Gasteiger charge is -2.02. The number of aliphatic imine (C=N–C) groups is 1. The van der Waals surface area contributed by atoms with Crippen LogP contribution in [-0.2, 0) is 0 Å². The van der Waals surface area contributed by atoms with Gasteiger partial charge in [-0.1, -0.05) is 19.4 Å². The summed E-state index contributed by atoms with van der Waals surface area (Å²) in [5, 5.41) is 12.0. The molecule has 1 rings (SSSR count). The highest BCUT2D eigenvalue weighted by molar-refractivity contribution is 5.77. The van der Waals surface area contributed by atoms with Crippen LogP contribution < -0.4 is 5.73 Å². The molecule has 14 heavy (non-hydrogen) atoms. The molecule has 3 N–H and O–H groups in total. The Morgan fingerprint density at radius 1 is 1.71 bits per heavy atom. The number of nitrogens with zero attached hydrogens (tertiary/aromatic N) is 2. The number of nitrogens with two attached hydrogens (primary N) is 1. The first-order valence-electron chi connectivity index (χ1n) is 4.48. The molecule has 0 amide bonds. The Kier molecular flexibility index (Phi) is 3.39. The van der Waals surface area contributed by atoms with Crippen molar-refractivity contribution < 1.29 is 5.11 Å². The van der Waals surface area contributed by atoms with Crippen molar-refractivity contribution in [2.75, 3.05) is 0 Å². The fourth-order valence-corrected chi connectivity index (χ4v) is 1.31. The van der Waals surface area contributed by atoms with Crippen molar-refractivity contribution in [2.45, 2.75) is 26.2 Å². The number of hydrogen-bond acceptors (Lipinski definition) is 4. The minimum absolute atomic E-state index is 0.00491. The fourth-order valence-electron chi connectivity index (χ4n) is 1.31. The SMILES string of the molecule is CCCC1=CCC(O)=NC(N)=C1N=O. The van der Waals surface area contributed by atoms with Crippen molar-refractivity contribution >= 4 is 5.90 Å². The van der Waals surface area contributed by atoms with Gasteiger partial charge in [-0.3, -0.25) is 0 Å². The smallest absolute Gasteiger partial charge is 0.191 e.